The molecule has 0 aliphatic rings. The number of anilines is 1. The summed E-state index contributed by atoms with van der Waals surface area (Å²) in [6.45, 7) is 6.35. The van der Waals surface area contributed by atoms with Crippen LogP contribution >= 0.6 is 0 Å². The fraction of sp³-hybridized carbons (Fsp3) is 0.500. The number of benzene rings is 1. The van der Waals surface area contributed by atoms with Gasteiger partial charge in [0.2, 0.25) is 0 Å². The third-order valence-electron chi connectivity index (χ3n) is 2.68. The molecular weight excluding hydrogens is 174 g/mol. The first-order valence-corrected chi connectivity index (χ1v) is 4.81. The first-order valence-electron chi connectivity index (χ1n) is 4.81. The van der Waals surface area contributed by atoms with E-state index in [0.29, 0.717) is 0 Å². The molecule has 0 bridgehead atoms. The number of ether oxygens (including phenoxy) is 1. The van der Waals surface area contributed by atoms with Gasteiger partial charge in [-0.3, -0.25) is 0 Å². The number of nitrogens with zero attached hydrogens (tertiary/aromatic N) is 1. The van der Waals surface area contributed by atoms with Gasteiger partial charge in [0.05, 0.1) is 7.11 Å². The first kappa shape index (κ1) is 10.9. The van der Waals surface area contributed by atoms with E-state index in [1.807, 2.05) is 0 Å². The quantitative estimate of drug-likeness (QED) is 0.716. The van der Waals surface area contributed by atoms with E-state index in [1.54, 1.807) is 7.11 Å². The lowest BCUT2D eigenvalue weighted by Crippen LogP contribution is -2.13. The molecule has 0 aliphatic carbocycles. The summed E-state index contributed by atoms with van der Waals surface area (Å²) in [5.74, 6) is 0.977. The van der Waals surface area contributed by atoms with Gasteiger partial charge in [-0.25, -0.2) is 0 Å². The van der Waals surface area contributed by atoms with E-state index >= 15 is 0 Å². The van der Waals surface area contributed by atoms with Gasteiger partial charge in [0, 0.05) is 19.8 Å². The minimum absolute atomic E-state index is 0.977. The molecule has 1 rings (SSSR count). The van der Waals surface area contributed by atoms with Crippen molar-refractivity contribution in [1.82, 2.24) is 0 Å². The molecule has 2 nitrogen and oxygen atoms in total. The highest BCUT2D eigenvalue weighted by atomic mass is 16.5. The van der Waals surface area contributed by atoms with Crippen molar-refractivity contribution in [1.29, 1.82) is 0 Å². The SMILES string of the molecule is COc1cc(C)c(N(C)C)c(C)c1C. The van der Waals surface area contributed by atoms with Gasteiger partial charge in [-0.15, -0.1) is 0 Å². The van der Waals surface area contributed by atoms with Crippen LogP contribution in [0, 0.1) is 20.8 Å². The Morgan fingerprint density at radius 3 is 2.07 bits per heavy atom. The molecule has 14 heavy (non-hydrogen) atoms. The standard InChI is InChI=1S/C12H19NO/c1-8-7-11(14-6)9(2)10(3)12(8)13(4)5/h7H,1-6H3. The van der Waals surface area contributed by atoms with Gasteiger partial charge in [0.15, 0.2) is 0 Å². The summed E-state index contributed by atoms with van der Waals surface area (Å²) < 4.78 is 5.32. The Kier molecular flexibility index (Phi) is 3.04. The largest absolute Gasteiger partial charge is 0.496 e. The number of hydrogen-bond donors (Lipinski definition) is 0. The predicted molar refractivity (Wildman–Crippen MR) is 61.5 cm³/mol. The summed E-state index contributed by atoms with van der Waals surface area (Å²) in [6.07, 6.45) is 0. The van der Waals surface area contributed by atoms with Crippen LogP contribution < -0.4 is 9.64 Å². The van der Waals surface area contributed by atoms with Gasteiger partial charge in [0.1, 0.15) is 5.75 Å². The van der Waals surface area contributed by atoms with Crippen LogP contribution in [0.1, 0.15) is 16.7 Å². The molecule has 1 aromatic rings. The van der Waals surface area contributed by atoms with E-state index in [4.69, 9.17) is 4.74 Å². The van der Waals surface area contributed by atoms with Crippen molar-refractivity contribution < 1.29 is 4.74 Å². The van der Waals surface area contributed by atoms with E-state index in [2.05, 4.69) is 45.8 Å². The van der Waals surface area contributed by atoms with Crippen molar-refractivity contribution in [2.75, 3.05) is 26.1 Å². The third kappa shape index (κ3) is 1.69. The van der Waals surface area contributed by atoms with E-state index in [0.717, 1.165) is 5.75 Å². The maximum atomic E-state index is 5.32. The summed E-state index contributed by atoms with van der Waals surface area (Å²) in [5, 5.41) is 0. The number of methoxy groups -OCH3 is 1. The highest BCUT2D eigenvalue weighted by molar-refractivity contribution is 5.64. The van der Waals surface area contributed by atoms with Crippen molar-refractivity contribution in [3.63, 3.8) is 0 Å². The van der Waals surface area contributed by atoms with Gasteiger partial charge in [-0.1, -0.05) is 0 Å². The van der Waals surface area contributed by atoms with Crippen LogP contribution in [0.4, 0.5) is 5.69 Å². The predicted octanol–water partition coefficient (Wildman–Crippen LogP) is 2.69. The van der Waals surface area contributed by atoms with E-state index in [-0.39, 0.29) is 0 Å². The summed E-state index contributed by atoms with van der Waals surface area (Å²) >= 11 is 0. The molecule has 1 aromatic carbocycles. The zero-order valence-corrected chi connectivity index (χ0v) is 9.93. The molecule has 0 amide bonds. The van der Waals surface area contributed by atoms with Crippen LogP contribution in [0.2, 0.25) is 0 Å². The summed E-state index contributed by atoms with van der Waals surface area (Å²) in [5.41, 5.74) is 5.08. The Balaban J connectivity index is 3.41. The Morgan fingerprint density at radius 1 is 1.07 bits per heavy atom. The third-order valence-corrected chi connectivity index (χ3v) is 2.68. The molecule has 0 spiro atoms. The molecule has 0 aliphatic heterocycles. The van der Waals surface area contributed by atoms with Crippen molar-refractivity contribution in [3.8, 4) is 5.75 Å². The maximum absolute atomic E-state index is 5.32. The van der Waals surface area contributed by atoms with Gasteiger partial charge < -0.3 is 9.64 Å². The van der Waals surface area contributed by atoms with Crippen LogP contribution in [0.15, 0.2) is 6.07 Å². The van der Waals surface area contributed by atoms with Crippen molar-refractivity contribution >= 4 is 5.69 Å². The normalized spacial score (nSPS) is 10.1. The van der Waals surface area contributed by atoms with Gasteiger partial charge in [0.25, 0.3) is 0 Å². The van der Waals surface area contributed by atoms with Crippen LogP contribution in [0.5, 0.6) is 5.75 Å². The molecule has 0 unspecified atom stereocenters. The first-order chi connectivity index (χ1) is 6.49. The Hall–Kier alpha value is -1.18. The highest BCUT2D eigenvalue weighted by Gasteiger charge is 2.11. The second-order valence-corrected chi connectivity index (χ2v) is 3.89. The molecule has 0 fully saturated rings. The molecule has 0 heterocycles. The Morgan fingerprint density at radius 2 is 1.64 bits per heavy atom. The maximum Gasteiger partial charge on any atom is 0.122 e. The number of hydrogen-bond acceptors (Lipinski definition) is 2. The molecule has 78 valence electrons. The molecule has 0 atom stereocenters. The molecule has 0 aromatic heterocycles. The highest BCUT2D eigenvalue weighted by Crippen LogP contribution is 2.32. The Bertz CT molecular complexity index is 343. The monoisotopic (exact) mass is 193 g/mol. The zero-order valence-electron chi connectivity index (χ0n) is 9.93. The van der Waals surface area contributed by atoms with E-state index in [1.165, 1.54) is 22.4 Å². The van der Waals surface area contributed by atoms with Crippen molar-refractivity contribution in [2.45, 2.75) is 20.8 Å². The average molecular weight is 193 g/mol. The van der Waals surface area contributed by atoms with Crippen molar-refractivity contribution in [2.24, 2.45) is 0 Å². The van der Waals surface area contributed by atoms with E-state index in [9.17, 15) is 0 Å². The van der Waals surface area contributed by atoms with Crippen LogP contribution in [-0.2, 0) is 0 Å². The van der Waals surface area contributed by atoms with Crippen LogP contribution in [0.25, 0.3) is 0 Å². The zero-order chi connectivity index (χ0) is 10.9. The molecule has 0 saturated carbocycles. The Labute approximate surface area is 86.5 Å². The fourth-order valence-corrected chi connectivity index (χ4v) is 1.93. The second-order valence-electron chi connectivity index (χ2n) is 3.89. The molecule has 0 N–H and O–H groups in total. The minimum Gasteiger partial charge on any atom is -0.496 e. The molecule has 2 heteroatoms. The lowest BCUT2D eigenvalue weighted by atomic mass is 10.0. The lowest BCUT2D eigenvalue weighted by molar-refractivity contribution is 0.411. The van der Waals surface area contributed by atoms with Gasteiger partial charge in [-0.05, 0) is 43.5 Å². The number of aryl methyl sites for hydroxylation is 1. The van der Waals surface area contributed by atoms with Crippen LogP contribution in [-0.4, -0.2) is 21.2 Å². The molecular formula is C12H19NO. The summed E-state index contributed by atoms with van der Waals surface area (Å²) in [4.78, 5) is 2.15. The molecule has 0 radical (unpaired) electrons. The second kappa shape index (κ2) is 3.91. The number of rotatable bonds is 2. The van der Waals surface area contributed by atoms with Gasteiger partial charge in [-0.2, -0.15) is 0 Å². The minimum atomic E-state index is 0.977. The smallest absolute Gasteiger partial charge is 0.122 e. The van der Waals surface area contributed by atoms with E-state index < -0.39 is 0 Å². The topological polar surface area (TPSA) is 12.5 Å². The summed E-state index contributed by atoms with van der Waals surface area (Å²) in [7, 11) is 5.86. The van der Waals surface area contributed by atoms with Crippen molar-refractivity contribution in [3.05, 3.63) is 22.8 Å². The lowest BCUT2D eigenvalue weighted by Gasteiger charge is -2.21. The molecule has 0 saturated heterocycles. The fourth-order valence-electron chi connectivity index (χ4n) is 1.93. The average Bonchev–Trinajstić information content (AvgIpc) is 2.10. The van der Waals surface area contributed by atoms with Crippen LogP contribution in [0.3, 0.4) is 0 Å². The van der Waals surface area contributed by atoms with Gasteiger partial charge >= 0.3 is 0 Å². The summed E-state index contributed by atoms with van der Waals surface area (Å²) in [6, 6.07) is 2.09.